The smallest absolute Gasteiger partial charge is 0.116 e. The molecule has 0 saturated heterocycles. The summed E-state index contributed by atoms with van der Waals surface area (Å²) in [6.45, 7) is 0.279. The monoisotopic (exact) mass is 336 g/mol. The molecule has 2 aromatic carbocycles. The first-order valence-electron chi connectivity index (χ1n) is 7.05. The van der Waals surface area contributed by atoms with Crippen LogP contribution in [0.3, 0.4) is 0 Å². The van der Waals surface area contributed by atoms with Crippen molar-refractivity contribution < 1.29 is 18.0 Å². The van der Waals surface area contributed by atoms with E-state index in [0.717, 1.165) is 11.1 Å². The summed E-state index contributed by atoms with van der Waals surface area (Å²) in [6.07, 6.45) is 1.61. The number of hydrogen-bond acceptors (Lipinski definition) is 4. The maximum absolute atomic E-state index is 11.7. The molecule has 22 heavy (non-hydrogen) atoms. The van der Waals surface area contributed by atoms with Crippen molar-refractivity contribution in [2.24, 2.45) is 0 Å². The van der Waals surface area contributed by atoms with E-state index in [-0.39, 0.29) is 6.61 Å². The second-order valence-electron chi connectivity index (χ2n) is 4.67. The third-order valence-corrected chi connectivity index (χ3v) is 5.26. The van der Waals surface area contributed by atoms with Gasteiger partial charge in [-0.15, -0.1) is 4.52 Å². The fourth-order valence-corrected chi connectivity index (χ4v) is 3.68. The molecule has 0 bridgehead atoms. The Labute approximate surface area is 132 Å². The van der Waals surface area contributed by atoms with E-state index in [1.54, 1.807) is 0 Å². The van der Waals surface area contributed by atoms with Gasteiger partial charge in [0.05, 0.1) is 0 Å². The molecule has 0 radical (unpaired) electrons. The minimum atomic E-state index is -2.33. The number of rotatable bonds is 9. The molecule has 0 aromatic heterocycles. The zero-order valence-corrected chi connectivity index (χ0v) is 13.9. The van der Waals surface area contributed by atoms with Crippen LogP contribution in [-0.4, -0.2) is 12.8 Å². The highest BCUT2D eigenvalue weighted by molar-refractivity contribution is 7.50. The lowest BCUT2D eigenvalue weighted by molar-refractivity contribution is 0.292. The van der Waals surface area contributed by atoms with Gasteiger partial charge in [-0.25, -0.2) is 0 Å². The average molecular weight is 336 g/mol. The largest absolute Gasteiger partial charge is 0.744 e. The molecule has 0 aliphatic carbocycles. The van der Waals surface area contributed by atoms with Gasteiger partial charge >= 0.3 is 16.3 Å². The summed E-state index contributed by atoms with van der Waals surface area (Å²) in [5.74, 6) is 0. The van der Waals surface area contributed by atoms with Crippen LogP contribution in [0.2, 0.25) is 0 Å². The van der Waals surface area contributed by atoms with Crippen LogP contribution in [0, 0.1) is 0 Å². The normalized spacial score (nSPS) is 12.0. The van der Waals surface area contributed by atoms with Gasteiger partial charge in [0, 0.05) is 17.4 Å². The van der Waals surface area contributed by atoms with Crippen molar-refractivity contribution in [1.82, 2.24) is 0 Å². The van der Waals surface area contributed by atoms with Crippen molar-refractivity contribution in [2.75, 3.05) is 12.8 Å². The van der Waals surface area contributed by atoms with Crippen molar-refractivity contribution >= 4 is 16.3 Å². The Bertz CT molecular complexity index is 602. The number of hydrogen-bond donors (Lipinski definition) is 0. The molecule has 6 heteroatoms. The predicted molar refractivity (Wildman–Crippen MR) is 87.4 cm³/mol. The molecule has 0 amide bonds. The maximum atomic E-state index is 11.7. The Morgan fingerprint density at radius 1 is 0.773 bits per heavy atom. The van der Waals surface area contributed by atoms with E-state index in [0.29, 0.717) is 19.0 Å². The SMILES string of the molecule is O=[P+](CCc1ccccc1)O[P+](=O)OCCc1ccccc1. The minimum absolute atomic E-state index is 0.279. The Balaban J connectivity index is 1.63. The van der Waals surface area contributed by atoms with Crippen LogP contribution < -0.4 is 0 Å². The lowest BCUT2D eigenvalue weighted by atomic mass is 10.2. The Morgan fingerprint density at radius 2 is 1.32 bits per heavy atom. The van der Waals surface area contributed by atoms with E-state index in [9.17, 15) is 9.13 Å². The van der Waals surface area contributed by atoms with Crippen molar-refractivity contribution in [3.8, 4) is 0 Å². The van der Waals surface area contributed by atoms with Gasteiger partial charge in [0.2, 0.25) is 0 Å². The van der Waals surface area contributed by atoms with Gasteiger partial charge in [-0.2, -0.15) is 0 Å². The van der Waals surface area contributed by atoms with Gasteiger partial charge in [-0.05, 0) is 15.7 Å². The lowest BCUT2D eigenvalue weighted by Crippen LogP contribution is -1.93. The van der Waals surface area contributed by atoms with Crippen molar-refractivity contribution in [1.29, 1.82) is 0 Å². The van der Waals surface area contributed by atoms with Crippen LogP contribution in [0.1, 0.15) is 11.1 Å². The quantitative estimate of drug-likeness (QED) is 0.611. The zero-order valence-electron chi connectivity index (χ0n) is 12.1. The lowest BCUT2D eigenvalue weighted by Gasteiger charge is -1.94. The molecule has 0 N–H and O–H groups in total. The first-order valence-corrected chi connectivity index (χ1v) is 9.50. The molecule has 0 spiro atoms. The van der Waals surface area contributed by atoms with E-state index in [1.807, 2.05) is 60.7 Å². The predicted octanol–water partition coefficient (Wildman–Crippen LogP) is 4.90. The fraction of sp³-hybridized carbons (Fsp3) is 0.250. The maximum Gasteiger partial charge on any atom is 0.744 e. The Hall–Kier alpha value is -1.44. The van der Waals surface area contributed by atoms with E-state index < -0.39 is 16.3 Å². The highest BCUT2D eigenvalue weighted by Crippen LogP contribution is 2.39. The summed E-state index contributed by atoms with van der Waals surface area (Å²) < 4.78 is 33.3. The van der Waals surface area contributed by atoms with Crippen LogP contribution in [0.5, 0.6) is 0 Å². The highest BCUT2D eigenvalue weighted by atomic mass is 31.2. The second-order valence-corrected chi connectivity index (χ2v) is 7.14. The third-order valence-electron chi connectivity index (χ3n) is 3.01. The number of aryl methyl sites for hydroxylation is 1. The van der Waals surface area contributed by atoms with Gasteiger partial charge in [0.1, 0.15) is 10.9 Å². The van der Waals surface area contributed by atoms with Crippen molar-refractivity contribution in [3.63, 3.8) is 0 Å². The molecule has 0 aliphatic heterocycles. The molecule has 0 fully saturated rings. The molecule has 0 aliphatic rings. The molecule has 2 rings (SSSR count). The standard InChI is InChI=1S/C16H18O4P2/c17-21(14-12-16-9-5-2-6-10-16)20-22(18)19-13-11-15-7-3-1-4-8-15/h1-10H,11-14H2/q+2. The fourth-order valence-electron chi connectivity index (χ4n) is 1.89. The Morgan fingerprint density at radius 3 is 1.91 bits per heavy atom. The molecule has 0 saturated carbocycles. The van der Waals surface area contributed by atoms with E-state index in [1.165, 1.54) is 0 Å². The van der Waals surface area contributed by atoms with Crippen LogP contribution >= 0.6 is 16.3 Å². The summed E-state index contributed by atoms with van der Waals surface area (Å²) in [7, 11) is -4.30. The molecule has 2 aromatic rings. The van der Waals surface area contributed by atoms with Crippen molar-refractivity contribution in [2.45, 2.75) is 12.8 Å². The van der Waals surface area contributed by atoms with Gasteiger partial charge in [-0.1, -0.05) is 60.7 Å². The van der Waals surface area contributed by atoms with E-state index in [4.69, 9.17) is 8.83 Å². The van der Waals surface area contributed by atoms with Gasteiger partial charge in [0.15, 0.2) is 6.16 Å². The Kier molecular flexibility index (Phi) is 7.35. The molecule has 114 valence electrons. The van der Waals surface area contributed by atoms with E-state index >= 15 is 0 Å². The first-order chi connectivity index (χ1) is 10.7. The molecule has 4 nitrogen and oxygen atoms in total. The summed E-state index contributed by atoms with van der Waals surface area (Å²) in [4.78, 5) is 0. The average Bonchev–Trinajstić information content (AvgIpc) is 2.55. The molecule has 2 unspecified atom stereocenters. The van der Waals surface area contributed by atoms with Crippen LogP contribution in [0.25, 0.3) is 0 Å². The van der Waals surface area contributed by atoms with Crippen LogP contribution in [0.4, 0.5) is 0 Å². The third kappa shape index (κ3) is 6.55. The van der Waals surface area contributed by atoms with E-state index in [2.05, 4.69) is 0 Å². The summed E-state index contributed by atoms with van der Waals surface area (Å²) in [5, 5.41) is 0. The topological polar surface area (TPSA) is 52.6 Å². The van der Waals surface area contributed by atoms with Crippen LogP contribution in [0.15, 0.2) is 60.7 Å². The van der Waals surface area contributed by atoms with Crippen molar-refractivity contribution in [3.05, 3.63) is 71.8 Å². The number of benzene rings is 2. The molecule has 2 atom stereocenters. The first kappa shape index (κ1) is 16.9. The summed E-state index contributed by atoms with van der Waals surface area (Å²) >= 11 is 0. The second kappa shape index (κ2) is 9.55. The van der Waals surface area contributed by atoms with Gasteiger partial charge in [0.25, 0.3) is 0 Å². The summed E-state index contributed by atoms with van der Waals surface area (Å²) in [6, 6.07) is 19.4. The zero-order chi connectivity index (χ0) is 15.6. The van der Waals surface area contributed by atoms with Crippen LogP contribution in [-0.2, 0) is 30.8 Å². The van der Waals surface area contributed by atoms with Gasteiger partial charge in [-0.3, -0.25) is 0 Å². The molecule has 0 heterocycles. The van der Waals surface area contributed by atoms with Gasteiger partial charge < -0.3 is 0 Å². The molecular weight excluding hydrogens is 318 g/mol. The highest BCUT2D eigenvalue weighted by Gasteiger charge is 2.36. The summed E-state index contributed by atoms with van der Waals surface area (Å²) in [5.41, 5.74) is 2.18. The molecular formula is C16H18O4P2+2. The minimum Gasteiger partial charge on any atom is -0.116 e.